The third-order valence-electron chi connectivity index (χ3n) is 6.54. The van der Waals surface area contributed by atoms with Crippen LogP contribution in [0, 0.1) is 6.92 Å². The van der Waals surface area contributed by atoms with E-state index < -0.39 is 0 Å². The molecular formula is C25H16BN. The Morgan fingerprint density at radius 1 is 0.704 bits per heavy atom. The highest BCUT2D eigenvalue weighted by molar-refractivity contribution is 7.01. The summed E-state index contributed by atoms with van der Waals surface area (Å²) in [5.74, 6) is 0. The molecule has 1 nitrogen and oxygen atoms in total. The first-order chi connectivity index (χ1) is 13.3. The van der Waals surface area contributed by atoms with Crippen LogP contribution in [-0.4, -0.2) is 11.3 Å². The van der Waals surface area contributed by atoms with Crippen molar-refractivity contribution in [2.45, 2.75) is 6.92 Å². The van der Waals surface area contributed by atoms with E-state index in [9.17, 15) is 0 Å². The SMILES string of the molecule is Cc1ccc2c3c1-c1ccccc1B3c1cccc3c4ccccc4n-2c13. The minimum absolute atomic E-state index is 0.339. The molecule has 4 aromatic carbocycles. The van der Waals surface area contributed by atoms with Crippen molar-refractivity contribution < 1.29 is 0 Å². The van der Waals surface area contributed by atoms with Gasteiger partial charge in [0.1, 0.15) is 0 Å². The molecule has 0 atom stereocenters. The number of fused-ring (bicyclic) bond motifs is 8. The minimum Gasteiger partial charge on any atom is -0.310 e. The van der Waals surface area contributed by atoms with Gasteiger partial charge >= 0.3 is 0 Å². The first-order valence-corrected chi connectivity index (χ1v) is 9.60. The largest absolute Gasteiger partial charge is 0.310 e. The Bertz CT molecular complexity index is 1440. The van der Waals surface area contributed by atoms with Crippen molar-refractivity contribution in [3.63, 3.8) is 0 Å². The summed E-state index contributed by atoms with van der Waals surface area (Å²) in [6, 6.07) is 29.3. The Morgan fingerprint density at radius 3 is 2.44 bits per heavy atom. The van der Waals surface area contributed by atoms with E-state index >= 15 is 0 Å². The van der Waals surface area contributed by atoms with Crippen LogP contribution in [0.25, 0.3) is 38.6 Å². The zero-order chi connectivity index (χ0) is 17.7. The van der Waals surface area contributed by atoms with Crippen LogP contribution in [0.4, 0.5) is 0 Å². The highest BCUT2D eigenvalue weighted by Crippen LogP contribution is 2.37. The smallest absolute Gasteiger partial charge is 0.248 e. The topological polar surface area (TPSA) is 4.93 Å². The molecule has 0 saturated carbocycles. The standard InChI is InChI=1S/C25H16BN/c1-15-13-14-22-24-23(15)18-8-2-4-10-19(18)26(24)20-11-6-9-17-16-7-3-5-12-21(16)27(22)25(17)20/h2-14H,1H3. The van der Waals surface area contributed by atoms with Crippen molar-refractivity contribution in [3.05, 3.63) is 84.4 Å². The summed E-state index contributed by atoms with van der Waals surface area (Å²) in [7, 11) is 0. The third kappa shape index (κ3) is 1.46. The van der Waals surface area contributed by atoms with Gasteiger partial charge < -0.3 is 4.57 Å². The van der Waals surface area contributed by atoms with Gasteiger partial charge in [-0.15, -0.1) is 0 Å². The van der Waals surface area contributed by atoms with Gasteiger partial charge in [-0.25, -0.2) is 0 Å². The fraction of sp³-hybridized carbons (Fsp3) is 0.0400. The number of aryl methyl sites for hydroxylation is 1. The molecule has 0 amide bonds. The van der Waals surface area contributed by atoms with Crippen molar-refractivity contribution >= 4 is 44.9 Å². The van der Waals surface area contributed by atoms with Gasteiger partial charge in [-0.2, -0.15) is 0 Å². The first-order valence-electron chi connectivity index (χ1n) is 9.60. The number of hydrogen-bond acceptors (Lipinski definition) is 0. The van der Waals surface area contributed by atoms with E-state index in [0.29, 0.717) is 6.71 Å². The minimum atomic E-state index is 0.339. The molecule has 0 fully saturated rings. The molecule has 5 aromatic rings. The lowest BCUT2D eigenvalue weighted by atomic mass is 9.37. The highest BCUT2D eigenvalue weighted by atomic mass is 15.0. The molecule has 124 valence electrons. The van der Waals surface area contributed by atoms with Crippen LogP contribution in [0.3, 0.4) is 0 Å². The van der Waals surface area contributed by atoms with Crippen LogP contribution in [-0.2, 0) is 0 Å². The van der Waals surface area contributed by atoms with Gasteiger partial charge in [0.2, 0.25) is 6.71 Å². The Hall–Kier alpha value is -3.26. The summed E-state index contributed by atoms with van der Waals surface area (Å²) in [6.07, 6.45) is 0. The zero-order valence-electron chi connectivity index (χ0n) is 15.0. The molecule has 7 rings (SSSR count). The third-order valence-corrected chi connectivity index (χ3v) is 6.54. The van der Waals surface area contributed by atoms with Crippen LogP contribution in [0.1, 0.15) is 5.56 Å². The van der Waals surface area contributed by atoms with Gasteiger partial charge in [0.15, 0.2) is 0 Å². The van der Waals surface area contributed by atoms with Crippen molar-refractivity contribution in [2.75, 3.05) is 0 Å². The molecule has 2 aliphatic heterocycles. The lowest BCUT2D eigenvalue weighted by Crippen LogP contribution is -2.53. The number of rotatable bonds is 0. The molecule has 3 heterocycles. The van der Waals surface area contributed by atoms with E-state index in [-0.39, 0.29) is 0 Å². The number of aromatic nitrogens is 1. The van der Waals surface area contributed by atoms with E-state index in [1.54, 1.807) is 0 Å². The Labute approximate surface area is 158 Å². The second-order valence-corrected chi connectivity index (χ2v) is 7.81. The Morgan fingerprint density at radius 2 is 1.48 bits per heavy atom. The summed E-state index contributed by atoms with van der Waals surface area (Å²) >= 11 is 0. The average Bonchev–Trinajstić information content (AvgIpc) is 3.24. The lowest BCUT2D eigenvalue weighted by Gasteiger charge is -2.25. The van der Waals surface area contributed by atoms with Crippen LogP contribution >= 0.6 is 0 Å². The van der Waals surface area contributed by atoms with Crippen LogP contribution in [0.5, 0.6) is 0 Å². The fourth-order valence-corrected chi connectivity index (χ4v) is 5.55. The Kier molecular flexibility index (Phi) is 2.33. The van der Waals surface area contributed by atoms with E-state index in [2.05, 4.69) is 90.4 Å². The predicted molar refractivity (Wildman–Crippen MR) is 116 cm³/mol. The van der Waals surface area contributed by atoms with Crippen molar-refractivity contribution in [1.82, 2.24) is 4.57 Å². The van der Waals surface area contributed by atoms with Gasteiger partial charge in [0, 0.05) is 22.0 Å². The zero-order valence-corrected chi connectivity index (χ0v) is 15.0. The highest BCUT2D eigenvalue weighted by Gasteiger charge is 2.41. The molecule has 1 aromatic heterocycles. The molecule has 2 aliphatic rings. The molecule has 0 spiro atoms. The van der Waals surface area contributed by atoms with E-state index in [4.69, 9.17) is 0 Å². The maximum atomic E-state index is 2.50. The normalized spacial score (nSPS) is 13.3. The predicted octanol–water partition coefficient (Wildman–Crippen LogP) is 3.90. The lowest BCUT2D eigenvalue weighted by molar-refractivity contribution is 1.19. The summed E-state index contributed by atoms with van der Waals surface area (Å²) in [5.41, 5.74) is 12.6. The second kappa shape index (κ2) is 4.53. The van der Waals surface area contributed by atoms with Crippen molar-refractivity contribution in [2.24, 2.45) is 0 Å². The molecule has 27 heavy (non-hydrogen) atoms. The molecule has 0 saturated heterocycles. The quantitative estimate of drug-likeness (QED) is 0.369. The molecular weight excluding hydrogens is 325 g/mol. The van der Waals surface area contributed by atoms with E-state index in [0.717, 1.165) is 0 Å². The average molecular weight is 341 g/mol. The molecule has 0 radical (unpaired) electrons. The maximum Gasteiger partial charge on any atom is 0.248 e. The molecule has 0 aliphatic carbocycles. The monoisotopic (exact) mass is 341 g/mol. The number of benzene rings is 4. The van der Waals surface area contributed by atoms with Gasteiger partial charge in [-0.05, 0) is 46.7 Å². The van der Waals surface area contributed by atoms with E-state index in [1.165, 1.54) is 60.6 Å². The molecule has 0 unspecified atom stereocenters. The summed E-state index contributed by atoms with van der Waals surface area (Å²) in [6.45, 7) is 2.59. The first kappa shape index (κ1) is 13.9. The van der Waals surface area contributed by atoms with Gasteiger partial charge in [0.25, 0.3) is 0 Å². The number of para-hydroxylation sites is 2. The van der Waals surface area contributed by atoms with Crippen LogP contribution in [0.2, 0.25) is 0 Å². The molecule has 0 bridgehead atoms. The Balaban J connectivity index is 1.79. The van der Waals surface area contributed by atoms with Crippen molar-refractivity contribution in [1.29, 1.82) is 0 Å². The summed E-state index contributed by atoms with van der Waals surface area (Å²) in [5, 5.41) is 2.71. The van der Waals surface area contributed by atoms with Crippen molar-refractivity contribution in [3.8, 4) is 16.8 Å². The fourth-order valence-electron chi connectivity index (χ4n) is 5.55. The van der Waals surface area contributed by atoms with Gasteiger partial charge in [0.05, 0.1) is 5.52 Å². The van der Waals surface area contributed by atoms with Gasteiger partial charge in [-0.1, -0.05) is 72.2 Å². The molecule has 2 heteroatoms. The van der Waals surface area contributed by atoms with Crippen LogP contribution in [0.15, 0.2) is 78.9 Å². The van der Waals surface area contributed by atoms with Crippen LogP contribution < -0.4 is 16.4 Å². The van der Waals surface area contributed by atoms with E-state index in [1.807, 2.05) is 0 Å². The maximum absolute atomic E-state index is 2.50. The summed E-state index contributed by atoms with van der Waals surface area (Å²) in [4.78, 5) is 0. The number of hydrogen-bond donors (Lipinski definition) is 0. The number of nitrogens with zero attached hydrogens (tertiary/aromatic N) is 1. The molecule has 0 N–H and O–H groups in total. The second-order valence-electron chi connectivity index (χ2n) is 7.81. The summed E-state index contributed by atoms with van der Waals surface area (Å²) < 4.78 is 2.50. The van der Waals surface area contributed by atoms with Gasteiger partial charge in [-0.3, -0.25) is 0 Å².